The van der Waals surface area contributed by atoms with Crippen LogP contribution in [0.25, 0.3) is 5.57 Å². The number of carbonyl (C=O) groups excluding carboxylic acids is 1. The van der Waals surface area contributed by atoms with Gasteiger partial charge in [0, 0.05) is 12.5 Å². The number of halogens is 2. The molecule has 8 heteroatoms. The first kappa shape index (κ1) is 26.6. The normalized spacial score (nSPS) is 11.2. The average molecular weight is 494 g/mol. The van der Waals surface area contributed by atoms with Crippen LogP contribution in [0.5, 0.6) is 11.5 Å². The lowest BCUT2D eigenvalue weighted by atomic mass is 10.1. The molecule has 0 aliphatic rings. The van der Waals surface area contributed by atoms with Crippen LogP contribution in [-0.2, 0) is 9.59 Å². The molecule has 0 saturated carbocycles. The first-order valence-electron chi connectivity index (χ1n) is 10.9. The molecule has 2 aromatic carbocycles. The van der Waals surface area contributed by atoms with Gasteiger partial charge in [-0.2, -0.15) is 0 Å². The third-order valence-electron chi connectivity index (χ3n) is 4.73. The van der Waals surface area contributed by atoms with E-state index in [1.807, 2.05) is 0 Å². The zero-order valence-electron chi connectivity index (χ0n) is 18.8. The number of unbranched alkanes of at least 4 members (excludes halogenated alkanes) is 2. The summed E-state index contributed by atoms with van der Waals surface area (Å²) >= 11 is 12.7. The number of amides is 1. The summed E-state index contributed by atoms with van der Waals surface area (Å²) in [5.74, 6) is -0.305. The standard InChI is InChI=1S/C25H29Cl2NO5/c1-3-4-7-12-33-25-19(26)15-18(16-20(25)27)17(2)14-23(29)28-21-9-5-6-10-22(21)32-13-8-11-24(30)31/h5-6,9-10,14-16H,3-4,7-8,11-13H2,1-2H3,(H,28,29)(H,30,31)/b17-14+. The average Bonchev–Trinajstić information content (AvgIpc) is 2.76. The molecular weight excluding hydrogens is 465 g/mol. The highest BCUT2D eigenvalue weighted by Gasteiger charge is 2.12. The second kappa shape index (κ2) is 13.8. The van der Waals surface area contributed by atoms with Crippen LogP contribution in [-0.4, -0.2) is 30.2 Å². The Labute approximate surface area is 204 Å². The van der Waals surface area contributed by atoms with Crippen LogP contribution < -0.4 is 14.8 Å². The number of benzene rings is 2. The Hall–Kier alpha value is -2.70. The highest BCUT2D eigenvalue weighted by molar-refractivity contribution is 6.37. The number of carbonyl (C=O) groups is 2. The number of hydrogen-bond acceptors (Lipinski definition) is 4. The van der Waals surface area contributed by atoms with Crippen molar-refractivity contribution in [1.82, 2.24) is 0 Å². The monoisotopic (exact) mass is 493 g/mol. The molecule has 0 aromatic heterocycles. The fourth-order valence-electron chi connectivity index (χ4n) is 3.00. The van der Waals surface area contributed by atoms with Crippen LogP contribution in [0.2, 0.25) is 10.0 Å². The first-order chi connectivity index (χ1) is 15.8. The highest BCUT2D eigenvalue weighted by atomic mass is 35.5. The molecule has 2 rings (SSSR count). The Bertz CT molecular complexity index is 968. The van der Waals surface area contributed by atoms with Gasteiger partial charge in [0.25, 0.3) is 0 Å². The highest BCUT2D eigenvalue weighted by Crippen LogP contribution is 2.36. The summed E-state index contributed by atoms with van der Waals surface area (Å²) < 4.78 is 11.3. The fourth-order valence-corrected chi connectivity index (χ4v) is 3.60. The molecule has 0 heterocycles. The Morgan fingerprint density at radius 3 is 2.36 bits per heavy atom. The number of hydrogen-bond donors (Lipinski definition) is 2. The Kier molecular flexibility index (Phi) is 11.1. The van der Waals surface area contributed by atoms with Gasteiger partial charge in [0.2, 0.25) is 5.91 Å². The largest absolute Gasteiger partial charge is 0.491 e. The van der Waals surface area contributed by atoms with E-state index in [1.165, 1.54) is 6.08 Å². The zero-order valence-corrected chi connectivity index (χ0v) is 20.3. The topological polar surface area (TPSA) is 84.9 Å². The van der Waals surface area contributed by atoms with Crippen molar-refractivity contribution in [3.8, 4) is 11.5 Å². The van der Waals surface area contributed by atoms with Gasteiger partial charge in [0.1, 0.15) is 5.75 Å². The van der Waals surface area contributed by atoms with Crippen LogP contribution in [0.4, 0.5) is 5.69 Å². The van der Waals surface area contributed by atoms with Gasteiger partial charge in [-0.3, -0.25) is 9.59 Å². The molecule has 0 fully saturated rings. The summed E-state index contributed by atoms with van der Waals surface area (Å²) in [6.45, 7) is 4.69. The number of para-hydroxylation sites is 2. The number of nitrogens with one attached hydrogen (secondary N) is 1. The van der Waals surface area contributed by atoms with Crippen molar-refractivity contribution in [1.29, 1.82) is 0 Å². The number of carboxylic acid groups (broad SMARTS) is 1. The summed E-state index contributed by atoms with van der Waals surface area (Å²) in [7, 11) is 0. The van der Waals surface area contributed by atoms with E-state index in [-0.39, 0.29) is 18.9 Å². The van der Waals surface area contributed by atoms with Gasteiger partial charge in [0.15, 0.2) is 5.75 Å². The molecular formula is C25H29Cl2NO5. The van der Waals surface area contributed by atoms with Crippen molar-refractivity contribution in [2.45, 2.75) is 46.0 Å². The number of rotatable bonds is 13. The van der Waals surface area contributed by atoms with E-state index < -0.39 is 5.97 Å². The molecule has 178 valence electrons. The van der Waals surface area contributed by atoms with E-state index in [1.54, 1.807) is 43.3 Å². The lowest BCUT2D eigenvalue weighted by Crippen LogP contribution is -2.11. The molecule has 0 aliphatic heterocycles. The maximum absolute atomic E-state index is 12.6. The van der Waals surface area contributed by atoms with E-state index in [2.05, 4.69) is 12.2 Å². The van der Waals surface area contributed by atoms with Gasteiger partial charge in [-0.1, -0.05) is 55.1 Å². The summed E-state index contributed by atoms with van der Waals surface area (Å²) in [4.78, 5) is 23.2. The van der Waals surface area contributed by atoms with Crippen LogP contribution in [0.3, 0.4) is 0 Å². The molecule has 2 aromatic rings. The number of allylic oxidation sites excluding steroid dienone is 1. The second-order valence-electron chi connectivity index (χ2n) is 7.48. The molecule has 1 amide bonds. The number of anilines is 1. The van der Waals surface area contributed by atoms with Gasteiger partial charge in [0.05, 0.1) is 28.9 Å². The van der Waals surface area contributed by atoms with Crippen molar-refractivity contribution < 1.29 is 24.2 Å². The lowest BCUT2D eigenvalue weighted by molar-refractivity contribution is -0.137. The van der Waals surface area contributed by atoms with Gasteiger partial charge in [-0.15, -0.1) is 0 Å². The minimum absolute atomic E-state index is 0.0180. The maximum Gasteiger partial charge on any atom is 0.303 e. The van der Waals surface area contributed by atoms with E-state index in [0.717, 1.165) is 19.3 Å². The molecule has 0 radical (unpaired) electrons. The van der Waals surface area contributed by atoms with Gasteiger partial charge in [-0.05, 0) is 55.2 Å². The van der Waals surface area contributed by atoms with Gasteiger partial charge in [-0.25, -0.2) is 0 Å². The van der Waals surface area contributed by atoms with Crippen molar-refractivity contribution >= 4 is 46.3 Å². The molecule has 0 saturated heterocycles. The van der Waals surface area contributed by atoms with E-state index in [9.17, 15) is 9.59 Å². The molecule has 0 bridgehead atoms. The quantitative estimate of drug-likeness (QED) is 0.235. The molecule has 6 nitrogen and oxygen atoms in total. The van der Waals surface area contributed by atoms with Crippen LogP contribution >= 0.6 is 23.2 Å². The predicted molar refractivity (Wildman–Crippen MR) is 133 cm³/mol. The van der Waals surface area contributed by atoms with Gasteiger partial charge < -0.3 is 19.9 Å². The molecule has 0 spiro atoms. The van der Waals surface area contributed by atoms with Crippen LogP contribution in [0.15, 0.2) is 42.5 Å². The van der Waals surface area contributed by atoms with Crippen LogP contribution in [0.1, 0.15) is 51.5 Å². The summed E-state index contributed by atoms with van der Waals surface area (Å²) in [5, 5.41) is 12.3. The number of ether oxygens (including phenoxy) is 2. The molecule has 0 aliphatic carbocycles. The van der Waals surface area contributed by atoms with E-state index >= 15 is 0 Å². The van der Waals surface area contributed by atoms with E-state index in [4.69, 9.17) is 37.8 Å². The number of aliphatic carboxylic acids is 1. The van der Waals surface area contributed by atoms with Crippen molar-refractivity contribution in [2.24, 2.45) is 0 Å². The Morgan fingerprint density at radius 2 is 1.70 bits per heavy atom. The smallest absolute Gasteiger partial charge is 0.303 e. The SMILES string of the molecule is CCCCCOc1c(Cl)cc(/C(C)=C/C(=O)Nc2ccccc2OCCCC(=O)O)cc1Cl. The number of carboxylic acids is 1. The summed E-state index contributed by atoms with van der Waals surface area (Å²) in [6.07, 6.45) is 4.93. The third kappa shape index (κ3) is 8.98. The van der Waals surface area contributed by atoms with Gasteiger partial charge >= 0.3 is 5.97 Å². The molecule has 33 heavy (non-hydrogen) atoms. The summed E-state index contributed by atoms with van der Waals surface area (Å²) in [6, 6.07) is 10.4. The Balaban J connectivity index is 2.05. The second-order valence-corrected chi connectivity index (χ2v) is 8.30. The van der Waals surface area contributed by atoms with Crippen molar-refractivity contribution in [3.63, 3.8) is 0 Å². The molecule has 2 N–H and O–H groups in total. The van der Waals surface area contributed by atoms with Crippen molar-refractivity contribution in [2.75, 3.05) is 18.5 Å². The molecule has 0 atom stereocenters. The maximum atomic E-state index is 12.6. The van der Waals surface area contributed by atoms with Crippen molar-refractivity contribution in [3.05, 3.63) is 58.1 Å². The first-order valence-corrected chi connectivity index (χ1v) is 11.6. The zero-order chi connectivity index (χ0) is 24.2. The minimum Gasteiger partial charge on any atom is -0.491 e. The third-order valence-corrected chi connectivity index (χ3v) is 5.29. The van der Waals surface area contributed by atoms with Crippen LogP contribution in [0, 0.1) is 0 Å². The predicted octanol–water partition coefficient (Wildman–Crippen LogP) is 6.85. The summed E-state index contributed by atoms with van der Waals surface area (Å²) in [5.41, 5.74) is 1.88. The lowest BCUT2D eigenvalue weighted by Gasteiger charge is -2.13. The van der Waals surface area contributed by atoms with E-state index in [0.29, 0.717) is 51.4 Å². The Morgan fingerprint density at radius 1 is 1.03 bits per heavy atom. The molecule has 0 unspecified atom stereocenters. The fraction of sp³-hybridized carbons (Fsp3) is 0.360. The minimum atomic E-state index is -0.878.